The Labute approximate surface area is 176 Å². The summed E-state index contributed by atoms with van der Waals surface area (Å²) in [5.74, 6) is 0.712. The van der Waals surface area contributed by atoms with Crippen LogP contribution in [-0.4, -0.2) is 68.7 Å². The first-order valence-electron chi connectivity index (χ1n) is 8.75. The van der Waals surface area contributed by atoms with E-state index in [0.717, 1.165) is 30.8 Å². The fraction of sp³-hybridized carbons (Fsp3) is 0.611. The average molecular weight is 500 g/mol. The fourth-order valence-corrected chi connectivity index (χ4v) is 2.78. The van der Waals surface area contributed by atoms with Crippen LogP contribution in [0.15, 0.2) is 29.3 Å². The minimum absolute atomic E-state index is 0. The molecule has 1 aromatic carbocycles. The highest BCUT2D eigenvalue weighted by Gasteiger charge is 2.30. The number of nitrogens with one attached hydrogen (secondary N) is 1. The van der Waals surface area contributed by atoms with E-state index in [1.807, 2.05) is 18.9 Å². The molecule has 2 rings (SSSR count). The fourth-order valence-electron chi connectivity index (χ4n) is 2.78. The number of aliphatic imine (C=N–C) groups is 1. The summed E-state index contributed by atoms with van der Waals surface area (Å²) in [6.45, 7) is 6.17. The van der Waals surface area contributed by atoms with Crippen molar-refractivity contribution in [1.82, 2.24) is 15.1 Å². The van der Waals surface area contributed by atoms with Gasteiger partial charge in [0.15, 0.2) is 5.96 Å². The van der Waals surface area contributed by atoms with E-state index in [2.05, 4.69) is 22.3 Å². The topological polar surface area (TPSA) is 40.1 Å². The van der Waals surface area contributed by atoms with E-state index in [1.165, 1.54) is 12.1 Å². The minimum Gasteiger partial charge on any atom is -0.374 e. The van der Waals surface area contributed by atoms with Crippen LogP contribution < -0.4 is 5.32 Å². The predicted octanol–water partition coefficient (Wildman–Crippen LogP) is 3.05. The molecular formula is C18H28F3IN4O. The van der Waals surface area contributed by atoms with Gasteiger partial charge in [-0.05, 0) is 31.7 Å². The molecule has 27 heavy (non-hydrogen) atoms. The number of rotatable bonds is 5. The summed E-state index contributed by atoms with van der Waals surface area (Å²) < 4.78 is 43.7. The summed E-state index contributed by atoms with van der Waals surface area (Å²) in [6, 6.07) is 5.22. The second kappa shape index (κ2) is 11.1. The molecule has 1 N–H and O–H groups in total. The summed E-state index contributed by atoms with van der Waals surface area (Å²) in [4.78, 5) is 8.74. The van der Waals surface area contributed by atoms with Gasteiger partial charge >= 0.3 is 6.18 Å². The second-order valence-corrected chi connectivity index (χ2v) is 6.50. The van der Waals surface area contributed by atoms with Gasteiger partial charge in [0.25, 0.3) is 0 Å². The van der Waals surface area contributed by atoms with Gasteiger partial charge in [-0.25, -0.2) is 0 Å². The quantitative estimate of drug-likeness (QED) is 0.384. The highest BCUT2D eigenvalue weighted by Crippen LogP contribution is 2.29. The molecule has 1 fully saturated rings. The average Bonchev–Trinajstić information content (AvgIpc) is 2.58. The van der Waals surface area contributed by atoms with Crippen molar-refractivity contribution >= 4 is 29.9 Å². The van der Waals surface area contributed by atoms with Crippen LogP contribution in [0.4, 0.5) is 13.2 Å². The zero-order chi connectivity index (χ0) is 19.2. The third-order valence-electron chi connectivity index (χ3n) is 4.18. The van der Waals surface area contributed by atoms with Crippen LogP contribution in [0, 0.1) is 0 Å². The maximum absolute atomic E-state index is 12.7. The number of likely N-dealkylation sites (N-methyl/N-ethyl adjacent to an activating group) is 1. The van der Waals surface area contributed by atoms with Crippen molar-refractivity contribution in [3.05, 3.63) is 35.4 Å². The van der Waals surface area contributed by atoms with E-state index >= 15 is 0 Å². The third-order valence-corrected chi connectivity index (χ3v) is 4.18. The maximum atomic E-state index is 12.7. The SMILES string of the molecule is CCNC(=NCC1CN(C)CCO1)N(C)Cc1ccc(C(F)(F)F)cc1.I. The van der Waals surface area contributed by atoms with Crippen molar-refractivity contribution in [3.8, 4) is 0 Å². The van der Waals surface area contributed by atoms with Crippen LogP contribution in [0.3, 0.4) is 0 Å². The number of alkyl halides is 3. The van der Waals surface area contributed by atoms with Gasteiger partial charge in [0, 0.05) is 33.2 Å². The molecule has 1 saturated heterocycles. The zero-order valence-corrected chi connectivity index (χ0v) is 18.3. The number of hydrogen-bond donors (Lipinski definition) is 1. The first kappa shape index (κ1) is 24.0. The van der Waals surface area contributed by atoms with Crippen molar-refractivity contribution in [3.63, 3.8) is 0 Å². The van der Waals surface area contributed by atoms with Crippen molar-refractivity contribution in [2.45, 2.75) is 25.7 Å². The smallest absolute Gasteiger partial charge is 0.374 e. The Morgan fingerprint density at radius 2 is 2.00 bits per heavy atom. The lowest BCUT2D eigenvalue weighted by Gasteiger charge is -2.29. The second-order valence-electron chi connectivity index (χ2n) is 6.50. The number of ether oxygens (including phenoxy) is 1. The predicted molar refractivity (Wildman–Crippen MR) is 112 cm³/mol. The Hall–Kier alpha value is -1.07. The number of morpholine rings is 1. The molecule has 0 radical (unpaired) electrons. The Kier molecular flexibility index (Phi) is 9.82. The number of nitrogens with zero attached hydrogens (tertiary/aromatic N) is 3. The van der Waals surface area contributed by atoms with Crippen molar-refractivity contribution in [2.75, 3.05) is 46.9 Å². The molecule has 9 heteroatoms. The first-order chi connectivity index (χ1) is 12.3. The molecule has 0 aliphatic carbocycles. The van der Waals surface area contributed by atoms with Gasteiger partial charge in [-0.1, -0.05) is 12.1 Å². The first-order valence-corrected chi connectivity index (χ1v) is 8.75. The third kappa shape index (κ3) is 7.82. The molecule has 0 spiro atoms. The van der Waals surface area contributed by atoms with Crippen LogP contribution in [-0.2, 0) is 17.5 Å². The summed E-state index contributed by atoms with van der Waals surface area (Å²) in [6.07, 6.45) is -4.25. The van der Waals surface area contributed by atoms with E-state index in [0.29, 0.717) is 32.2 Å². The number of halogens is 4. The van der Waals surface area contributed by atoms with Gasteiger partial charge in [-0.15, -0.1) is 24.0 Å². The van der Waals surface area contributed by atoms with Crippen LogP contribution in [0.25, 0.3) is 0 Å². The van der Waals surface area contributed by atoms with Gasteiger partial charge < -0.3 is 19.9 Å². The van der Waals surface area contributed by atoms with E-state index in [1.54, 1.807) is 0 Å². The number of guanidine groups is 1. The minimum atomic E-state index is -4.31. The summed E-state index contributed by atoms with van der Waals surface area (Å²) in [7, 11) is 3.92. The number of hydrogen-bond acceptors (Lipinski definition) is 3. The summed E-state index contributed by atoms with van der Waals surface area (Å²) in [5, 5.41) is 3.22. The van der Waals surface area contributed by atoms with Crippen molar-refractivity contribution in [1.29, 1.82) is 0 Å². The lowest BCUT2D eigenvalue weighted by Crippen LogP contribution is -2.43. The molecule has 1 unspecified atom stereocenters. The van der Waals surface area contributed by atoms with Gasteiger partial charge in [0.2, 0.25) is 0 Å². The van der Waals surface area contributed by atoms with E-state index in [-0.39, 0.29) is 30.1 Å². The molecular weight excluding hydrogens is 472 g/mol. The molecule has 0 saturated carbocycles. The summed E-state index contributed by atoms with van der Waals surface area (Å²) >= 11 is 0. The van der Waals surface area contributed by atoms with Crippen LogP contribution in [0.2, 0.25) is 0 Å². The Morgan fingerprint density at radius 1 is 1.33 bits per heavy atom. The molecule has 0 aromatic heterocycles. The molecule has 1 heterocycles. The Balaban J connectivity index is 0.00000364. The summed E-state index contributed by atoms with van der Waals surface area (Å²) in [5.41, 5.74) is 0.155. The molecule has 5 nitrogen and oxygen atoms in total. The monoisotopic (exact) mass is 500 g/mol. The van der Waals surface area contributed by atoms with Gasteiger partial charge in [-0.3, -0.25) is 4.99 Å². The standard InChI is InChI=1S/C18H27F3N4O.HI/c1-4-22-17(23-11-16-13-24(2)9-10-26-16)25(3)12-14-5-7-15(8-6-14)18(19,20)21;/h5-8,16H,4,9-13H2,1-3H3,(H,22,23);1H. The molecule has 1 aromatic rings. The van der Waals surface area contributed by atoms with Crippen molar-refractivity contribution in [2.24, 2.45) is 4.99 Å². The van der Waals surface area contributed by atoms with Crippen LogP contribution >= 0.6 is 24.0 Å². The van der Waals surface area contributed by atoms with E-state index in [4.69, 9.17) is 4.74 Å². The molecule has 1 aliphatic rings. The normalized spacial score (nSPS) is 18.7. The molecule has 0 amide bonds. The molecule has 154 valence electrons. The van der Waals surface area contributed by atoms with E-state index < -0.39 is 11.7 Å². The van der Waals surface area contributed by atoms with Gasteiger partial charge in [0.05, 0.1) is 24.8 Å². The molecule has 1 atom stereocenters. The largest absolute Gasteiger partial charge is 0.416 e. The Morgan fingerprint density at radius 3 is 2.56 bits per heavy atom. The van der Waals surface area contributed by atoms with Crippen LogP contribution in [0.1, 0.15) is 18.1 Å². The lowest BCUT2D eigenvalue weighted by atomic mass is 10.1. The van der Waals surface area contributed by atoms with Gasteiger partial charge in [0.1, 0.15) is 0 Å². The van der Waals surface area contributed by atoms with Crippen LogP contribution in [0.5, 0.6) is 0 Å². The molecule has 0 bridgehead atoms. The Bertz CT molecular complexity index is 595. The van der Waals surface area contributed by atoms with Gasteiger partial charge in [-0.2, -0.15) is 13.2 Å². The number of benzene rings is 1. The van der Waals surface area contributed by atoms with Crippen molar-refractivity contribution < 1.29 is 17.9 Å². The molecule has 1 aliphatic heterocycles. The maximum Gasteiger partial charge on any atom is 0.416 e. The highest BCUT2D eigenvalue weighted by atomic mass is 127. The lowest BCUT2D eigenvalue weighted by molar-refractivity contribution is -0.137. The zero-order valence-electron chi connectivity index (χ0n) is 15.9. The van der Waals surface area contributed by atoms with E-state index in [9.17, 15) is 13.2 Å². The highest BCUT2D eigenvalue weighted by molar-refractivity contribution is 14.0.